The van der Waals surface area contributed by atoms with E-state index in [1.165, 1.54) is 4.90 Å². The maximum absolute atomic E-state index is 12.7. The molecule has 0 aromatic carbocycles. The molecule has 1 aliphatic rings. The third-order valence-electron chi connectivity index (χ3n) is 4.05. The monoisotopic (exact) mass is 333 g/mol. The van der Waals surface area contributed by atoms with Crippen molar-refractivity contribution in [3.63, 3.8) is 0 Å². The first-order chi connectivity index (χ1) is 10.5. The lowest BCUT2D eigenvalue weighted by atomic mass is 9.80. The number of pyridine rings is 1. The molecule has 1 aromatic heterocycles. The quantitative estimate of drug-likeness (QED) is 0.675. The largest absolute Gasteiger partial charge is 0.481 e. The topological polar surface area (TPSA) is 96.6 Å². The smallest absolute Gasteiger partial charge is 0.418 e. The standard InChI is InChI=1S/C13H14F3N3O4/c1-12(11(20)21)2-4-18(5-3-12)10-9(19(22)23)6-8(7-17-10)13(14,15)16/h6-7H,2-5H2,1H3,(H,20,21). The molecule has 2 heterocycles. The molecule has 1 fully saturated rings. The Balaban J connectivity index is 2.31. The van der Waals surface area contributed by atoms with E-state index in [1.54, 1.807) is 6.92 Å². The lowest BCUT2D eigenvalue weighted by molar-refractivity contribution is -0.384. The molecule has 0 atom stereocenters. The van der Waals surface area contributed by atoms with Crippen molar-refractivity contribution in [2.24, 2.45) is 5.41 Å². The number of carbonyl (C=O) groups is 1. The second-order valence-corrected chi connectivity index (χ2v) is 5.67. The fraction of sp³-hybridized carbons (Fsp3) is 0.538. The number of nitro groups is 1. The van der Waals surface area contributed by atoms with Crippen molar-refractivity contribution in [2.45, 2.75) is 25.9 Å². The Hall–Kier alpha value is -2.39. The van der Waals surface area contributed by atoms with Crippen molar-refractivity contribution >= 4 is 17.5 Å². The summed E-state index contributed by atoms with van der Waals surface area (Å²) in [6.07, 6.45) is -3.72. The van der Waals surface area contributed by atoms with E-state index in [-0.39, 0.29) is 31.7 Å². The third-order valence-corrected chi connectivity index (χ3v) is 4.05. The summed E-state index contributed by atoms with van der Waals surface area (Å²) < 4.78 is 38.0. The molecule has 0 spiro atoms. The van der Waals surface area contributed by atoms with Gasteiger partial charge in [-0.25, -0.2) is 4.98 Å². The first-order valence-corrected chi connectivity index (χ1v) is 6.74. The molecule has 0 saturated carbocycles. The van der Waals surface area contributed by atoms with E-state index in [0.29, 0.717) is 12.3 Å². The Morgan fingerprint density at radius 2 is 2.00 bits per heavy atom. The Labute approximate surface area is 128 Å². The number of alkyl halides is 3. The van der Waals surface area contributed by atoms with E-state index in [1.807, 2.05) is 0 Å². The number of hydrogen-bond acceptors (Lipinski definition) is 5. The van der Waals surface area contributed by atoms with Gasteiger partial charge in [0.1, 0.15) is 0 Å². The van der Waals surface area contributed by atoms with Gasteiger partial charge in [0.05, 0.1) is 15.9 Å². The van der Waals surface area contributed by atoms with Gasteiger partial charge < -0.3 is 10.0 Å². The molecule has 10 heteroatoms. The van der Waals surface area contributed by atoms with Crippen LogP contribution in [0.4, 0.5) is 24.7 Å². The van der Waals surface area contributed by atoms with Crippen LogP contribution < -0.4 is 4.90 Å². The van der Waals surface area contributed by atoms with Crippen molar-refractivity contribution in [1.29, 1.82) is 0 Å². The van der Waals surface area contributed by atoms with E-state index in [0.717, 1.165) is 0 Å². The highest BCUT2D eigenvalue weighted by molar-refractivity contribution is 5.74. The van der Waals surface area contributed by atoms with Crippen LogP contribution in [0, 0.1) is 15.5 Å². The second kappa shape index (κ2) is 5.67. The first-order valence-electron chi connectivity index (χ1n) is 6.74. The number of rotatable bonds is 3. The summed E-state index contributed by atoms with van der Waals surface area (Å²) in [6, 6.07) is 0.452. The number of hydrogen-bond donors (Lipinski definition) is 1. The number of halogens is 3. The molecular formula is C13H14F3N3O4. The van der Waals surface area contributed by atoms with Crippen molar-refractivity contribution in [3.05, 3.63) is 27.9 Å². The van der Waals surface area contributed by atoms with Crippen molar-refractivity contribution in [1.82, 2.24) is 4.98 Å². The molecule has 2 rings (SSSR count). The van der Waals surface area contributed by atoms with E-state index in [2.05, 4.69) is 4.98 Å². The summed E-state index contributed by atoms with van der Waals surface area (Å²) >= 11 is 0. The number of carboxylic acids is 1. The summed E-state index contributed by atoms with van der Waals surface area (Å²) in [5, 5.41) is 20.2. The fourth-order valence-corrected chi connectivity index (χ4v) is 2.40. The van der Waals surface area contributed by atoms with Gasteiger partial charge >= 0.3 is 17.8 Å². The van der Waals surface area contributed by atoms with Crippen LogP contribution in [-0.2, 0) is 11.0 Å². The van der Waals surface area contributed by atoms with E-state index in [9.17, 15) is 28.1 Å². The maximum Gasteiger partial charge on any atom is 0.418 e. The van der Waals surface area contributed by atoms with Gasteiger partial charge in [-0.2, -0.15) is 13.2 Å². The van der Waals surface area contributed by atoms with Crippen molar-refractivity contribution < 1.29 is 28.0 Å². The number of carboxylic acid groups (broad SMARTS) is 1. The predicted octanol–water partition coefficient (Wildman–Crippen LogP) is 2.70. The Morgan fingerprint density at radius 1 is 1.43 bits per heavy atom. The van der Waals surface area contributed by atoms with Crippen LogP contribution in [-0.4, -0.2) is 34.1 Å². The summed E-state index contributed by atoms with van der Waals surface area (Å²) in [6.45, 7) is 1.91. The van der Waals surface area contributed by atoms with Gasteiger partial charge in [-0.05, 0) is 19.8 Å². The molecule has 0 unspecified atom stereocenters. The van der Waals surface area contributed by atoms with Gasteiger partial charge in [-0.15, -0.1) is 0 Å². The molecule has 0 radical (unpaired) electrons. The normalized spacial score (nSPS) is 17.8. The van der Waals surface area contributed by atoms with Gasteiger partial charge in [0.15, 0.2) is 0 Å². The molecule has 126 valence electrons. The predicted molar refractivity (Wildman–Crippen MR) is 73.1 cm³/mol. The summed E-state index contributed by atoms with van der Waals surface area (Å²) in [7, 11) is 0. The number of anilines is 1. The number of aliphatic carboxylic acids is 1. The molecule has 7 nitrogen and oxygen atoms in total. The van der Waals surface area contributed by atoms with Gasteiger partial charge in [-0.3, -0.25) is 14.9 Å². The summed E-state index contributed by atoms with van der Waals surface area (Å²) in [5.74, 6) is -1.14. The highest BCUT2D eigenvalue weighted by Crippen LogP contribution is 2.38. The number of piperidine rings is 1. The van der Waals surface area contributed by atoms with Crippen LogP contribution in [0.3, 0.4) is 0 Å². The van der Waals surface area contributed by atoms with E-state index in [4.69, 9.17) is 5.11 Å². The van der Waals surface area contributed by atoms with Crippen LogP contribution in [0.25, 0.3) is 0 Å². The van der Waals surface area contributed by atoms with Gasteiger partial charge in [0, 0.05) is 25.4 Å². The molecule has 0 amide bonds. The minimum atomic E-state index is -4.72. The Kier molecular flexibility index (Phi) is 4.18. The summed E-state index contributed by atoms with van der Waals surface area (Å²) in [5.41, 5.74) is -2.88. The maximum atomic E-state index is 12.7. The highest BCUT2D eigenvalue weighted by atomic mass is 19.4. The molecule has 0 bridgehead atoms. The van der Waals surface area contributed by atoms with Gasteiger partial charge in [-0.1, -0.05) is 0 Å². The number of aromatic nitrogens is 1. The highest BCUT2D eigenvalue weighted by Gasteiger charge is 2.39. The first kappa shape index (κ1) is 17.0. The van der Waals surface area contributed by atoms with Crippen molar-refractivity contribution in [2.75, 3.05) is 18.0 Å². The average molecular weight is 333 g/mol. The molecule has 0 aliphatic carbocycles. The van der Waals surface area contributed by atoms with Crippen LogP contribution in [0.5, 0.6) is 0 Å². The molecular weight excluding hydrogens is 319 g/mol. The van der Waals surface area contributed by atoms with Crippen LogP contribution in [0.2, 0.25) is 0 Å². The number of nitrogens with zero attached hydrogens (tertiary/aromatic N) is 3. The van der Waals surface area contributed by atoms with E-state index < -0.39 is 33.7 Å². The minimum absolute atomic E-state index is 0.169. The van der Waals surface area contributed by atoms with Crippen molar-refractivity contribution in [3.8, 4) is 0 Å². The zero-order chi connectivity index (χ0) is 17.4. The van der Waals surface area contributed by atoms with Gasteiger partial charge in [0.2, 0.25) is 5.82 Å². The average Bonchev–Trinajstić information content (AvgIpc) is 2.46. The summed E-state index contributed by atoms with van der Waals surface area (Å²) in [4.78, 5) is 26.4. The van der Waals surface area contributed by atoms with Crippen LogP contribution in [0.15, 0.2) is 12.3 Å². The molecule has 1 N–H and O–H groups in total. The zero-order valence-corrected chi connectivity index (χ0v) is 12.1. The minimum Gasteiger partial charge on any atom is -0.481 e. The molecule has 1 aromatic rings. The molecule has 1 aliphatic heterocycles. The third kappa shape index (κ3) is 3.35. The van der Waals surface area contributed by atoms with Crippen LogP contribution >= 0.6 is 0 Å². The lowest BCUT2D eigenvalue weighted by Crippen LogP contribution is -2.43. The Bertz CT molecular complexity index is 640. The zero-order valence-electron chi connectivity index (χ0n) is 12.1. The second-order valence-electron chi connectivity index (χ2n) is 5.67. The van der Waals surface area contributed by atoms with Crippen LogP contribution in [0.1, 0.15) is 25.3 Å². The SMILES string of the molecule is CC1(C(=O)O)CCN(c2ncc(C(F)(F)F)cc2[N+](=O)[O-])CC1. The van der Waals surface area contributed by atoms with Gasteiger partial charge in [0.25, 0.3) is 0 Å². The fourth-order valence-electron chi connectivity index (χ4n) is 2.40. The van der Waals surface area contributed by atoms with E-state index >= 15 is 0 Å². The molecule has 1 saturated heterocycles. The Morgan fingerprint density at radius 3 is 2.43 bits per heavy atom. The molecule has 23 heavy (non-hydrogen) atoms. The lowest BCUT2D eigenvalue weighted by Gasteiger charge is -2.36.